The Balaban J connectivity index is 1.70. The van der Waals surface area contributed by atoms with Crippen LogP contribution in [0.4, 0.5) is 4.79 Å². The second-order valence-electron chi connectivity index (χ2n) is 6.86. The van der Waals surface area contributed by atoms with Gasteiger partial charge in [0.05, 0.1) is 0 Å². The van der Waals surface area contributed by atoms with Crippen molar-refractivity contribution in [2.24, 2.45) is 5.41 Å². The summed E-state index contributed by atoms with van der Waals surface area (Å²) in [4.78, 5) is 11.7. The van der Waals surface area contributed by atoms with Gasteiger partial charge in [-0.25, -0.2) is 4.79 Å². The minimum Gasteiger partial charge on any atom is -0.444 e. The predicted molar refractivity (Wildman–Crippen MR) is 79.1 cm³/mol. The van der Waals surface area contributed by atoms with Gasteiger partial charge in [0.1, 0.15) is 5.60 Å². The van der Waals surface area contributed by atoms with Gasteiger partial charge in [0.2, 0.25) is 0 Å². The quantitative estimate of drug-likeness (QED) is 0.792. The van der Waals surface area contributed by atoms with E-state index in [1.807, 2.05) is 32.7 Å². The van der Waals surface area contributed by atoms with E-state index in [1.54, 1.807) is 0 Å². The largest absolute Gasteiger partial charge is 0.444 e. The minimum atomic E-state index is -0.408. The highest BCUT2D eigenvalue weighted by molar-refractivity contribution is 7.96. The highest BCUT2D eigenvalue weighted by Crippen LogP contribution is 2.49. The molecule has 19 heavy (non-hydrogen) atoms. The number of hydrogen-bond donors (Lipinski definition) is 1. The van der Waals surface area contributed by atoms with Crippen LogP contribution in [-0.2, 0) is 4.74 Å². The molecule has 0 radical (unpaired) electrons. The molecule has 110 valence electrons. The van der Waals surface area contributed by atoms with E-state index in [-0.39, 0.29) is 6.09 Å². The van der Waals surface area contributed by atoms with Crippen LogP contribution in [0, 0.1) is 5.41 Å². The highest BCUT2D eigenvalue weighted by Gasteiger charge is 2.46. The number of nitrogens with one attached hydrogen (secondary N) is 1. The maximum atomic E-state index is 11.7. The third-order valence-electron chi connectivity index (χ3n) is 4.12. The number of ether oxygens (including phenoxy) is 1. The molecule has 2 aliphatic rings. The van der Waals surface area contributed by atoms with Gasteiger partial charge in [0, 0.05) is 19.1 Å². The van der Waals surface area contributed by atoms with Crippen LogP contribution in [0.1, 0.15) is 46.5 Å². The zero-order chi connectivity index (χ0) is 14.1. The molecule has 0 aromatic heterocycles. The first-order chi connectivity index (χ1) is 8.82. The van der Waals surface area contributed by atoms with Crippen LogP contribution in [0.3, 0.4) is 0 Å². The van der Waals surface area contributed by atoms with Crippen molar-refractivity contribution in [1.82, 2.24) is 9.62 Å². The zero-order valence-electron chi connectivity index (χ0n) is 12.5. The fourth-order valence-electron chi connectivity index (χ4n) is 3.11. The summed E-state index contributed by atoms with van der Waals surface area (Å²) in [5, 5.41) is 2.99. The van der Waals surface area contributed by atoms with Gasteiger partial charge < -0.3 is 10.1 Å². The summed E-state index contributed by atoms with van der Waals surface area (Å²) >= 11 is 1.84. The SMILES string of the molecule is CSN1CCC2(CC1)CC(NC(=O)OC(C)(C)C)C2. The molecule has 1 saturated carbocycles. The van der Waals surface area contributed by atoms with E-state index in [0.29, 0.717) is 11.5 Å². The molecule has 0 aromatic carbocycles. The summed E-state index contributed by atoms with van der Waals surface area (Å²) in [6.07, 6.45) is 6.64. The van der Waals surface area contributed by atoms with Gasteiger partial charge >= 0.3 is 6.09 Å². The van der Waals surface area contributed by atoms with Crippen LogP contribution >= 0.6 is 11.9 Å². The van der Waals surface area contributed by atoms with Gasteiger partial charge in [0.15, 0.2) is 0 Å². The molecule has 1 spiro atoms. The van der Waals surface area contributed by atoms with E-state index in [2.05, 4.69) is 15.9 Å². The first kappa shape index (κ1) is 15.0. The van der Waals surface area contributed by atoms with Crippen LogP contribution in [-0.4, -0.2) is 41.4 Å². The van der Waals surface area contributed by atoms with Crippen LogP contribution in [0.2, 0.25) is 0 Å². The molecule has 1 N–H and O–H groups in total. The Morgan fingerprint density at radius 2 is 1.89 bits per heavy atom. The fourth-order valence-corrected chi connectivity index (χ4v) is 3.66. The van der Waals surface area contributed by atoms with Crippen molar-refractivity contribution in [3.63, 3.8) is 0 Å². The van der Waals surface area contributed by atoms with Crippen LogP contribution in [0.5, 0.6) is 0 Å². The lowest BCUT2D eigenvalue weighted by molar-refractivity contribution is 0.0124. The van der Waals surface area contributed by atoms with Crippen molar-refractivity contribution in [3.8, 4) is 0 Å². The summed E-state index contributed by atoms with van der Waals surface area (Å²) in [7, 11) is 0. The second kappa shape index (κ2) is 5.52. The molecule has 2 fully saturated rings. The number of carbonyl (C=O) groups excluding carboxylic acids is 1. The van der Waals surface area contributed by atoms with E-state index in [1.165, 1.54) is 25.9 Å². The van der Waals surface area contributed by atoms with Gasteiger partial charge in [0.25, 0.3) is 0 Å². The minimum absolute atomic E-state index is 0.270. The smallest absolute Gasteiger partial charge is 0.407 e. The number of hydrogen-bond acceptors (Lipinski definition) is 4. The molecule has 1 heterocycles. The average molecular weight is 286 g/mol. The summed E-state index contributed by atoms with van der Waals surface area (Å²) in [6, 6.07) is 0.315. The fraction of sp³-hybridized carbons (Fsp3) is 0.929. The topological polar surface area (TPSA) is 41.6 Å². The summed E-state index contributed by atoms with van der Waals surface area (Å²) in [5.74, 6) is 0. The van der Waals surface area contributed by atoms with Crippen molar-refractivity contribution >= 4 is 18.0 Å². The normalized spacial score (nSPS) is 24.0. The number of alkyl carbamates (subject to hydrolysis) is 1. The first-order valence-corrected chi connectivity index (χ1v) is 8.29. The van der Waals surface area contributed by atoms with E-state index in [0.717, 1.165) is 12.8 Å². The van der Waals surface area contributed by atoms with Gasteiger partial charge in [-0.15, -0.1) is 0 Å². The van der Waals surface area contributed by atoms with Gasteiger partial charge in [-0.05, 0) is 58.1 Å². The van der Waals surface area contributed by atoms with Gasteiger partial charge in [-0.2, -0.15) is 0 Å². The maximum absolute atomic E-state index is 11.7. The lowest BCUT2D eigenvalue weighted by Crippen LogP contribution is -2.54. The Labute approximate surface area is 120 Å². The third-order valence-corrected chi connectivity index (χ3v) is 5.00. The van der Waals surface area contributed by atoms with Crippen LogP contribution in [0.15, 0.2) is 0 Å². The van der Waals surface area contributed by atoms with Gasteiger partial charge in [-0.1, -0.05) is 11.9 Å². The van der Waals surface area contributed by atoms with Gasteiger partial charge in [-0.3, -0.25) is 4.31 Å². The molecule has 1 amide bonds. The Bertz CT molecular complexity index is 325. The van der Waals surface area contributed by atoms with Crippen LogP contribution < -0.4 is 5.32 Å². The molecule has 0 unspecified atom stereocenters. The van der Waals surface area contributed by atoms with Crippen molar-refractivity contribution in [3.05, 3.63) is 0 Å². The number of amides is 1. The van der Waals surface area contributed by atoms with E-state index < -0.39 is 5.60 Å². The molecular weight excluding hydrogens is 260 g/mol. The number of piperidine rings is 1. The third kappa shape index (κ3) is 4.02. The Kier molecular flexibility index (Phi) is 4.35. The lowest BCUT2D eigenvalue weighted by atomic mass is 9.60. The predicted octanol–water partition coefficient (Wildman–Crippen LogP) is 3.03. The standard InChI is InChI=1S/C14H26N2O2S/c1-13(2,3)18-12(17)15-11-9-14(10-11)5-7-16(19-4)8-6-14/h11H,5-10H2,1-4H3,(H,15,17). The molecule has 0 aromatic rings. The number of carbonyl (C=O) groups is 1. The average Bonchev–Trinajstić information content (AvgIpc) is 2.25. The molecule has 4 nitrogen and oxygen atoms in total. The summed E-state index contributed by atoms with van der Waals surface area (Å²) < 4.78 is 7.72. The molecular formula is C14H26N2O2S. The van der Waals surface area contributed by atoms with Crippen LogP contribution in [0.25, 0.3) is 0 Å². The Morgan fingerprint density at radius 1 is 1.32 bits per heavy atom. The lowest BCUT2D eigenvalue weighted by Gasteiger charge is -2.51. The first-order valence-electron chi connectivity index (χ1n) is 7.11. The van der Waals surface area contributed by atoms with Crippen molar-refractivity contribution in [2.75, 3.05) is 19.3 Å². The number of nitrogens with zero attached hydrogens (tertiary/aromatic N) is 1. The Hall–Kier alpha value is -0.420. The highest BCUT2D eigenvalue weighted by atomic mass is 32.2. The number of rotatable bonds is 2. The van der Waals surface area contributed by atoms with Crippen molar-refractivity contribution in [2.45, 2.75) is 58.1 Å². The molecule has 1 aliphatic carbocycles. The van der Waals surface area contributed by atoms with E-state index in [9.17, 15) is 4.79 Å². The molecule has 0 atom stereocenters. The summed E-state index contributed by atoms with van der Waals surface area (Å²) in [6.45, 7) is 8.05. The summed E-state index contributed by atoms with van der Waals surface area (Å²) in [5.41, 5.74) is 0.0844. The molecule has 1 aliphatic heterocycles. The Morgan fingerprint density at radius 3 is 2.37 bits per heavy atom. The van der Waals surface area contributed by atoms with Crippen molar-refractivity contribution in [1.29, 1.82) is 0 Å². The molecule has 0 bridgehead atoms. The van der Waals surface area contributed by atoms with Crippen molar-refractivity contribution < 1.29 is 9.53 Å². The molecule has 1 saturated heterocycles. The monoisotopic (exact) mass is 286 g/mol. The molecule has 2 rings (SSSR count). The van der Waals surface area contributed by atoms with E-state index >= 15 is 0 Å². The van der Waals surface area contributed by atoms with E-state index in [4.69, 9.17) is 4.74 Å². The molecule has 5 heteroatoms. The maximum Gasteiger partial charge on any atom is 0.407 e. The zero-order valence-corrected chi connectivity index (χ0v) is 13.3. The second-order valence-corrected chi connectivity index (χ2v) is 7.74.